The van der Waals surface area contributed by atoms with E-state index >= 15 is 0 Å². The van der Waals surface area contributed by atoms with Gasteiger partial charge in [-0.15, -0.1) is 0 Å². The van der Waals surface area contributed by atoms with Crippen molar-refractivity contribution < 1.29 is 14.3 Å². The van der Waals surface area contributed by atoms with Crippen molar-refractivity contribution in [1.29, 1.82) is 0 Å². The lowest BCUT2D eigenvalue weighted by Gasteiger charge is -2.33. The lowest BCUT2D eigenvalue weighted by atomic mass is 10.0. The van der Waals surface area contributed by atoms with Crippen LogP contribution in [0.5, 0.6) is 5.75 Å². The number of fused-ring (bicyclic) bond motifs is 1. The number of benzene rings is 2. The van der Waals surface area contributed by atoms with Gasteiger partial charge in [0.15, 0.2) is 0 Å². The van der Waals surface area contributed by atoms with Crippen LogP contribution in [0.3, 0.4) is 0 Å². The summed E-state index contributed by atoms with van der Waals surface area (Å²) in [7, 11) is 0. The van der Waals surface area contributed by atoms with Crippen LogP contribution >= 0.6 is 0 Å². The number of rotatable bonds is 8. The van der Waals surface area contributed by atoms with E-state index in [1.807, 2.05) is 30.3 Å². The normalized spacial score (nSPS) is 18.5. The molecule has 0 radical (unpaired) electrons. The Morgan fingerprint density at radius 1 is 1.16 bits per heavy atom. The molecule has 0 saturated carbocycles. The van der Waals surface area contributed by atoms with Crippen molar-refractivity contribution in [1.82, 2.24) is 4.90 Å². The Balaban J connectivity index is 1.17. The number of carbonyl (C=O) groups excluding carboxylic acids is 2. The van der Waals surface area contributed by atoms with Gasteiger partial charge in [-0.3, -0.25) is 14.5 Å². The van der Waals surface area contributed by atoms with Gasteiger partial charge in [-0.05, 0) is 80.6 Å². The highest BCUT2D eigenvalue weighted by Crippen LogP contribution is 2.27. The van der Waals surface area contributed by atoms with Crippen LogP contribution in [0.4, 0.5) is 11.4 Å². The van der Waals surface area contributed by atoms with Gasteiger partial charge in [0.05, 0.1) is 6.61 Å². The van der Waals surface area contributed by atoms with Gasteiger partial charge in [0.25, 0.3) is 0 Å². The number of likely N-dealkylation sites (tertiary alicyclic amines) is 1. The summed E-state index contributed by atoms with van der Waals surface area (Å²) in [5.41, 5.74) is 4.08. The fraction of sp³-hybridized carbons (Fsp3) is 0.462. The van der Waals surface area contributed by atoms with Gasteiger partial charge in [0.2, 0.25) is 11.8 Å². The summed E-state index contributed by atoms with van der Waals surface area (Å²) >= 11 is 0. The molecule has 2 aliphatic rings. The molecule has 2 aromatic rings. The third-order valence-electron chi connectivity index (χ3n) is 6.35. The molecule has 0 aromatic heterocycles. The highest BCUT2D eigenvalue weighted by molar-refractivity contribution is 5.94. The van der Waals surface area contributed by atoms with Crippen LogP contribution in [0.1, 0.15) is 56.6 Å². The molecule has 32 heavy (non-hydrogen) atoms. The van der Waals surface area contributed by atoms with E-state index in [1.165, 1.54) is 31.4 Å². The number of piperidine rings is 1. The van der Waals surface area contributed by atoms with Crippen molar-refractivity contribution >= 4 is 23.2 Å². The Morgan fingerprint density at radius 3 is 2.81 bits per heavy atom. The Hall–Kier alpha value is -2.86. The lowest BCUT2D eigenvalue weighted by molar-refractivity contribution is -0.117. The van der Waals surface area contributed by atoms with Crippen LogP contribution in [0, 0.1) is 0 Å². The van der Waals surface area contributed by atoms with Crippen molar-refractivity contribution in [3.05, 3.63) is 53.6 Å². The van der Waals surface area contributed by atoms with Gasteiger partial charge in [0.1, 0.15) is 5.75 Å². The summed E-state index contributed by atoms with van der Waals surface area (Å²) in [5, 5.41) is 5.85. The molecule has 0 bridgehead atoms. The first-order valence-electron chi connectivity index (χ1n) is 11.8. The van der Waals surface area contributed by atoms with Crippen LogP contribution in [0.15, 0.2) is 42.5 Å². The Kier molecular flexibility index (Phi) is 7.43. The minimum Gasteiger partial charge on any atom is -0.494 e. The molecule has 2 amide bonds. The Labute approximate surface area is 190 Å². The van der Waals surface area contributed by atoms with Crippen LogP contribution in [-0.4, -0.2) is 35.9 Å². The molecule has 2 aliphatic heterocycles. The van der Waals surface area contributed by atoms with E-state index in [4.69, 9.17) is 4.74 Å². The van der Waals surface area contributed by atoms with E-state index in [0.717, 1.165) is 35.7 Å². The van der Waals surface area contributed by atoms with E-state index in [2.05, 4.69) is 34.6 Å². The average Bonchev–Trinajstić information content (AvgIpc) is 2.79. The summed E-state index contributed by atoms with van der Waals surface area (Å²) in [6, 6.07) is 14.6. The number of aryl methyl sites for hydroxylation is 1. The van der Waals surface area contributed by atoms with Crippen molar-refractivity contribution in [2.75, 3.05) is 23.8 Å². The van der Waals surface area contributed by atoms with Gasteiger partial charge in [-0.1, -0.05) is 18.6 Å². The van der Waals surface area contributed by atoms with Gasteiger partial charge in [0, 0.05) is 36.8 Å². The summed E-state index contributed by atoms with van der Waals surface area (Å²) in [6.45, 7) is 4.93. The van der Waals surface area contributed by atoms with E-state index in [-0.39, 0.29) is 11.8 Å². The molecule has 1 saturated heterocycles. The topological polar surface area (TPSA) is 70.7 Å². The highest BCUT2D eigenvalue weighted by Gasteiger charge is 2.18. The largest absolute Gasteiger partial charge is 0.494 e. The molecule has 2 aromatic carbocycles. The second-order valence-electron chi connectivity index (χ2n) is 8.88. The first-order chi connectivity index (χ1) is 15.6. The highest BCUT2D eigenvalue weighted by atomic mass is 16.5. The standard InChI is InChI=1S/C26H33N3O3/c1-19-5-2-3-15-29(19)18-20-7-10-22(11-8-20)27-25(30)6-4-16-32-23-12-13-24-21(17-23)9-14-26(31)28-24/h7-8,10-13,17,19H,2-6,9,14-16,18H2,1H3,(H,27,30)(H,28,31). The van der Waals surface area contributed by atoms with E-state index in [1.54, 1.807) is 0 Å². The van der Waals surface area contributed by atoms with Gasteiger partial charge in [-0.2, -0.15) is 0 Å². The molecule has 1 atom stereocenters. The Morgan fingerprint density at radius 2 is 2.00 bits per heavy atom. The SMILES string of the molecule is CC1CCCCN1Cc1ccc(NC(=O)CCCOc2ccc3c(c2)CCC(=O)N3)cc1. The molecule has 2 heterocycles. The first-order valence-corrected chi connectivity index (χ1v) is 11.8. The number of anilines is 2. The van der Waals surface area contributed by atoms with Crippen molar-refractivity contribution in [2.24, 2.45) is 0 Å². The molecule has 0 aliphatic carbocycles. The molecule has 1 fully saturated rings. The first kappa shape index (κ1) is 22.3. The summed E-state index contributed by atoms with van der Waals surface area (Å²) in [6.07, 6.45) is 6.19. The number of amides is 2. The number of hydrogen-bond donors (Lipinski definition) is 2. The minimum atomic E-state index is -0.000781. The monoisotopic (exact) mass is 435 g/mol. The molecule has 170 valence electrons. The van der Waals surface area contributed by atoms with Crippen molar-refractivity contribution in [3.63, 3.8) is 0 Å². The third-order valence-corrected chi connectivity index (χ3v) is 6.35. The molecule has 6 nitrogen and oxygen atoms in total. The fourth-order valence-electron chi connectivity index (χ4n) is 4.42. The molecular weight excluding hydrogens is 402 g/mol. The Bertz CT molecular complexity index is 942. The number of hydrogen-bond acceptors (Lipinski definition) is 4. The zero-order valence-electron chi connectivity index (χ0n) is 18.9. The third kappa shape index (κ3) is 6.10. The number of ether oxygens (including phenoxy) is 1. The van der Waals surface area contributed by atoms with Crippen molar-refractivity contribution in [2.45, 2.75) is 64.5 Å². The van der Waals surface area contributed by atoms with E-state index in [9.17, 15) is 9.59 Å². The molecule has 1 unspecified atom stereocenters. The van der Waals surface area contributed by atoms with Crippen LogP contribution in [0.25, 0.3) is 0 Å². The molecule has 2 N–H and O–H groups in total. The van der Waals surface area contributed by atoms with E-state index < -0.39 is 0 Å². The van der Waals surface area contributed by atoms with Gasteiger partial charge in [-0.25, -0.2) is 0 Å². The second-order valence-corrected chi connectivity index (χ2v) is 8.88. The summed E-state index contributed by atoms with van der Waals surface area (Å²) in [4.78, 5) is 26.3. The van der Waals surface area contributed by atoms with Gasteiger partial charge >= 0.3 is 0 Å². The number of nitrogens with zero attached hydrogens (tertiary/aromatic N) is 1. The van der Waals surface area contributed by atoms with Crippen LogP contribution < -0.4 is 15.4 Å². The zero-order valence-corrected chi connectivity index (χ0v) is 18.9. The zero-order chi connectivity index (χ0) is 22.3. The quantitative estimate of drug-likeness (QED) is 0.588. The maximum Gasteiger partial charge on any atom is 0.224 e. The van der Waals surface area contributed by atoms with Gasteiger partial charge < -0.3 is 15.4 Å². The predicted octanol–water partition coefficient (Wildman–Crippen LogP) is 4.74. The van der Waals surface area contributed by atoms with Crippen molar-refractivity contribution in [3.8, 4) is 5.75 Å². The fourth-order valence-corrected chi connectivity index (χ4v) is 4.42. The lowest BCUT2D eigenvalue weighted by Crippen LogP contribution is -2.36. The molecular formula is C26H33N3O3. The molecule has 0 spiro atoms. The second kappa shape index (κ2) is 10.6. The minimum absolute atomic E-state index is 0.000781. The molecule has 6 heteroatoms. The smallest absolute Gasteiger partial charge is 0.224 e. The van der Waals surface area contributed by atoms with Crippen LogP contribution in [-0.2, 0) is 22.6 Å². The maximum atomic E-state index is 12.3. The van der Waals surface area contributed by atoms with E-state index in [0.29, 0.717) is 31.9 Å². The maximum absolute atomic E-state index is 12.3. The summed E-state index contributed by atoms with van der Waals surface area (Å²) < 4.78 is 5.80. The number of nitrogens with one attached hydrogen (secondary N) is 2. The predicted molar refractivity (Wildman–Crippen MR) is 127 cm³/mol. The summed E-state index contributed by atoms with van der Waals surface area (Å²) in [5.74, 6) is 0.835. The average molecular weight is 436 g/mol. The van der Waals surface area contributed by atoms with Crippen LogP contribution in [0.2, 0.25) is 0 Å². The number of carbonyl (C=O) groups is 2. The molecule has 4 rings (SSSR count).